The molecule has 4 rings (SSSR count). The molecular formula is C12H10ClN5OS. The van der Waals surface area contributed by atoms with Crippen LogP contribution in [0, 0.1) is 0 Å². The Kier molecular flexibility index (Phi) is 2.42. The summed E-state index contributed by atoms with van der Waals surface area (Å²) in [6.07, 6.45) is 4.06. The number of aromatic nitrogens is 4. The van der Waals surface area contributed by atoms with Crippen LogP contribution >= 0.6 is 22.9 Å². The maximum atomic E-state index is 11.9. The first kappa shape index (κ1) is 11.9. The number of fused-ring (bicyclic) bond motifs is 2. The Labute approximate surface area is 123 Å². The number of amides is 1. The van der Waals surface area contributed by atoms with Crippen molar-refractivity contribution in [1.82, 2.24) is 19.2 Å². The predicted octanol–water partition coefficient (Wildman–Crippen LogP) is 2.26. The number of hydrogen-bond acceptors (Lipinski definition) is 4. The molecule has 1 aliphatic heterocycles. The van der Waals surface area contributed by atoms with Crippen LogP contribution in [0.4, 0.5) is 5.82 Å². The van der Waals surface area contributed by atoms with Crippen molar-refractivity contribution in [3.05, 3.63) is 34.2 Å². The van der Waals surface area contributed by atoms with E-state index in [9.17, 15) is 4.79 Å². The van der Waals surface area contributed by atoms with Gasteiger partial charge in [0.15, 0.2) is 10.1 Å². The molecule has 0 radical (unpaired) electrons. The van der Waals surface area contributed by atoms with Gasteiger partial charge in [-0.25, -0.2) is 4.98 Å². The molecule has 1 atom stereocenters. The summed E-state index contributed by atoms with van der Waals surface area (Å²) >= 11 is 7.80. The third-order valence-corrected chi connectivity index (χ3v) is 4.61. The SMILES string of the molecule is Cn1ncc2c1NC(=O)C[C@@H]2c1c(Cl)nc2sccn12. The maximum absolute atomic E-state index is 11.9. The fraction of sp³-hybridized carbons (Fsp3) is 0.250. The number of rotatable bonds is 1. The number of halogens is 1. The molecule has 0 spiro atoms. The molecule has 0 aromatic carbocycles. The largest absolute Gasteiger partial charge is 0.311 e. The van der Waals surface area contributed by atoms with Gasteiger partial charge >= 0.3 is 0 Å². The number of aryl methyl sites for hydroxylation is 1. The Balaban J connectivity index is 1.96. The van der Waals surface area contributed by atoms with Crippen molar-refractivity contribution < 1.29 is 4.79 Å². The van der Waals surface area contributed by atoms with Gasteiger partial charge in [0.25, 0.3) is 0 Å². The molecule has 1 aliphatic rings. The molecule has 0 bridgehead atoms. The highest BCUT2D eigenvalue weighted by atomic mass is 35.5. The lowest BCUT2D eigenvalue weighted by molar-refractivity contribution is -0.116. The van der Waals surface area contributed by atoms with E-state index < -0.39 is 0 Å². The van der Waals surface area contributed by atoms with Crippen LogP contribution in [0.2, 0.25) is 5.15 Å². The fourth-order valence-corrected chi connectivity index (χ4v) is 3.75. The van der Waals surface area contributed by atoms with E-state index in [1.807, 2.05) is 16.0 Å². The monoisotopic (exact) mass is 307 g/mol. The number of hydrogen-bond donors (Lipinski definition) is 1. The smallest absolute Gasteiger partial charge is 0.226 e. The van der Waals surface area contributed by atoms with Gasteiger partial charge in [-0.2, -0.15) is 5.10 Å². The second-order valence-corrected chi connectivity index (χ2v) is 5.95. The zero-order chi connectivity index (χ0) is 13.9. The Hall–Kier alpha value is -1.86. The Morgan fingerprint density at radius 2 is 2.40 bits per heavy atom. The second-order valence-electron chi connectivity index (χ2n) is 4.72. The molecule has 102 valence electrons. The van der Waals surface area contributed by atoms with Crippen LogP contribution in [-0.4, -0.2) is 25.1 Å². The van der Waals surface area contributed by atoms with Crippen LogP contribution in [0.15, 0.2) is 17.8 Å². The van der Waals surface area contributed by atoms with Crippen molar-refractivity contribution in [1.29, 1.82) is 0 Å². The summed E-state index contributed by atoms with van der Waals surface area (Å²) in [7, 11) is 1.81. The van der Waals surface area contributed by atoms with Gasteiger partial charge < -0.3 is 5.32 Å². The van der Waals surface area contributed by atoms with Gasteiger partial charge in [-0.15, -0.1) is 11.3 Å². The third kappa shape index (κ3) is 1.53. The number of nitrogens with one attached hydrogen (secondary N) is 1. The van der Waals surface area contributed by atoms with E-state index in [0.29, 0.717) is 11.6 Å². The summed E-state index contributed by atoms with van der Waals surface area (Å²) in [5, 5.41) is 9.48. The van der Waals surface area contributed by atoms with Gasteiger partial charge in [0.2, 0.25) is 5.91 Å². The fourth-order valence-electron chi connectivity index (χ4n) is 2.67. The lowest BCUT2D eigenvalue weighted by atomic mass is 9.91. The number of imidazole rings is 1. The highest BCUT2D eigenvalue weighted by molar-refractivity contribution is 7.15. The van der Waals surface area contributed by atoms with E-state index in [-0.39, 0.29) is 11.8 Å². The standard InChI is InChI=1S/C12H10ClN5OS/c1-17-11-7(5-14-17)6(4-8(19)15-11)9-10(13)16-12-18(9)2-3-20-12/h2-3,5-6H,4H2,1H3,(H,15,19)/t6-/m0/s1. The number of carbonyl (C=O) groups is 1. The molecule has 0 aliphatic carbocycles. The van der Waals surface area contributed by atoms with Crippen molar-refractivity contribution in [3.63, 3.8) is 0 Å². The van der Waals surface area contributed by atoms with Crippen molar-refractivity contribution in [2.24, 2.45) is 7.05 Å². The van der Waals surface area contributed by atoms with Gasteiger partial charge in [0.1, 0.15) is 5.82 Å². The summed E-state index contributed by atoms with van der Waals surface area (Å²) in [6.45, 7) is 0. The topological polar surface area (TPSA) is 64.2 Å². The summed E-state index contributed by atoms with van der Waals surface area (Å²) in [5.74, 6) is 0.574. The summed E-state index contributed by atoms with van der Waals surface area (Å²) < 4.78 is 3.62. The number of nitrogens with zero attached hydrogens (tertiary/aromatic N) is 4. The minimum absolute atomic E-state index is 0.0349. The molecule has 6 nitrogen and oxygen atoms in total. The van der Waals surface area contributed by atoms with Gasteiger partial charge in [0.05, 0.1) is 11.9 Å². The molecule has 4 heterocycles. The van der Waals surface area contributed by atoms with Crippen LogP contribution < -0.4 is 5.32 Å². The van der Waals surface area contributed by atoms with Crippen molar-refractivity contribution in [2.45, 2.75) is 12.3 Å². The number of carbonyl (C=O) groups excluding carboxylic acids is 1. The molecule has 3 aromatic rings. The molecule has 1 amide bonds. The summed E-state index contributed by atoms with van der Waals surface area (Å²) in [5.41, 5.74) is 1.83. The van der Waals surface area contributed by atoms with Crippen LogP contribution in [-0.2, 0) is 11.8 Å². The van der Waals surface area contributed by atoms with E-state index in [0.717, 1.165) is 22.0 Å². The maximum Gasteiger partial charge on any atom is 0.226 e. The van der Waals surface area contributed by atoms with Gasteiger partial charge in [-0.1, -0.05) is 11.6 Å². The summed E-state index contributed by atoms with van der Waals surface area (Å²) in [4.78, 5) is 17.1. The summed E-state index contributed by atoms with van der Waals surface area (Å²) in [6, 6.07) is 0. The number of anilines is 1. The van der Waals surface area contributed by atoms with E-state index >= 15 is 0 Å². The lowest BCUT2D eigenvalue weighted by Crippen LogP contribution is -2.25. The normalized spacial score (nSPS) is 18.3. The third-order valence-electron chi connectivity index (χ3n) is 3.57. The lowest BCUT2D eigenvalue weighted by Gasteiger charge is -2.22. The van der Waals surface area contributed by atoms with Crippen LogP contribution in [0.1, 0.15) is 23.6 Å². The minimum atomic E-state index is -0.121. The first-order valence-corrected chi connectivity index (χ1v) is 7.33. The highest BCUT2D eigenvalue weighted by Crippen LogP contribution is 2.40. The molecule has 0 fully saturated rings. The minimum Gasteiger partial charge on any atom is -0.311 e. The molecule has 3 aromatic heterocycles. The first-order valence-electron chi connectivity index (χ1n) is 6.08. The van der Waals surface area contributed by atoms with Gasteiger partial charge in [-0.3, -0.25) is 13.9 Å². The predicted molar refractivity (Wildman–Crippen MR) is 76.4 cm³/mol. The van der Waals surface area contributed by atoms with E-state index in [1.54, 1.807) is 17.9 Å². The first-order chi connectivity index (χ1) is 9.65. The van der Waals surface area contributed by atoms with E-state index in [2.05, 4.69) is 15.4 Å². The van der Waals surface area contributed by atoms with Crippen LogP contribution in [0.3, 0.4) is 0 Å². The average molecular weight is 308 g/mol. The van der Waals surface area contributed by atoms with E-state index in [4.69, 9.17) is 11.6 Å². The van der Waals surface area contributed by atoms with Crippen molar-refractivity contribution in [3.8, 4) is 0 Å². The molecule has 0 unspecified atom stereocenters. The molecule has 1 N–H and O–H groups in total. The van der Waals surface area contributed by atoms with E-state index in [1.165, 1.54) is 11.3 Å². The quantitative estimate of drug-likeness (QED) is 0.750. The Morgan fingerprint density at radius 1 is 1.55 bits per heavy atom. The van der Waals surface area contributed by atoms with Crippen LogP contribution in [0.5, 0.6) is 0 Å². The Morgan fingerprint density at radius 3 is 3.25 bits per heavy atom. The number of thiazole rings is 1. The van der Waals surface area contributed by atoms with Crippen LogP contribution in [0.25, 0.3) is 4.96 Å². The zero-order valence-corrected chi connectivity index (χ0v) is 12.1. The van der Waals surface area contributed by atoms with Crippen molar-refractivity contribution >= 4 is 39.6 Å². The highest BCUT2D eigenvalue weighted by Gasteiger charge is 2.33. The molecular weight excluding hydrogens is 298 g/mol. The molecule has 20 heavy (non-hydrogen) atoms. The molecule has 0 saturated carbocycles. The molecule has 0 saturated heterocycles. The van der Waals surface area contributed by atoms with Crippen molar-refractivity contribution in [2.75, 3.05) is 5.32 Å². The average Bonchev–Trinajstić information content (AvgIpc) is 3.04. The molecule has 8 heteroatoms. The second kappa shape index (κ2) is 4.07. The Bertz CT molecular complexity index is 832. The zero-order valence-electron chi connectivity index (χ0n) is 10.5. The van der Waals surface area contributed by atoms with Gasteiger partial charge in [-0.05, 0) is 0 Å². The van der Waals surface area contributed by atoms with Gasteiger partial charge in [0, 0.05) is 36.5 Å².